The number of aromatic nitrogens is 1. The van der Waals surface area contributed by atoms with Crippen molar-refractivity contribution in [1.82, 2.24) is 10.3 Å². The predicted molar refractivity (Wildman–Crippen MR) is 79.9 cm³/mol. The lowest BCUT2D eigenvalue weighted by Crippen LogP contribution is -2.34. The number of nitrogens with zero attached hydrogens (tertiary/aromatic N) is 2. The van der Waals surface area contributed by atoms with Crippen LogP contribution in [0.15, 0.2) is 0 Å². The number of anilines is 1. The van der Waals surface area contributed by atoms with Crippen molar-refractivity contribution in [2.24, 2.45) is 0 Å². The first kappa shape index (κ1) is 16.5. The molecule has 2 rings (SSSR count). The van der Waals surface area contributed by atoms with Gasteiger partial charge in [0.25, 0.3) is 0 Å². The lowest BCUT2D eigenvalue weighted by molar-refractivity contribution is -0.119. The Kier molecular flexibility index (Phi) is 5.48. The van der Waals surface area contributed by atoms with Crippen molar-refractivity contribution in [3.63, 3.8) is 0 Å². The van der Waals surface area contributed by atoms with Crippen LogP contribution in [0, 0.1) is 0 Å². The standard InChI is InChI=1S/C14H22F3N3S/c1-3-7-20(9-14(15,16)17)13-19-11(4-2)12(21-13)8-18-10-5-6-10/h10,18H,3-9H2,1-2H3. The fourth-order valence-corrected chi connectivity index (χ4v) is 3.30. The van der Waals surface area contributed by atoms with Crippen molar-refractivity contribution in [2.45, 2.75) is 58.3 Å². The predicted octanol–water partition coefficient (Wildman–Crippen LogP) is 3.74. The zero-order chi connectivity index (χ0) is 15.5. The molecular weight excluding hydrogens is 299 g/mol. The molecule has 3 nitrogen and oxygen atoms in total. The van der Waals surface area contributed by atoms with Crippen molar-refractivity contribution in [1.29, 1.82) is 0 Å². The molecule has 0 bridgehead atoms. The molecule has 0 radical (unpaired) electrons. The first-order valence-electron chi connectivity index (χ1n) is 7.46. The number of halogens is 3. The number of hydrogen-bond donors (Lipinski definition) is 1. The highest BCUT2D eigenvalue weighted by Gasteiger charge is 2.32. The van der Waals surface area contributed by atoms with E-state index >= 15 is 0 Å². The Bertz CT molecular complexity index is 455. The van der Waals surface area contributed by atoms with Gasteiger partial charge in [0.1, 0.15) is 6.54 Å². The lowest BCUT2D eigenvalue weighted by atomic mass is 10.3. The second-order valence-corrected chi connectivity index (χ2v) is 6.47. The average molecular weight is 321 g/mol. The van der Waals surface area contributed by atoms with Crippen molar-refractivity contribution < 1.29 is 13.2 Å². The Balaban J connectivity index is 2.10. The second-order valence-electron chi connectivity index (χ2n) is 5.41. The fraction of sp³-hybridized carbons (Fsp3) is 0.786. The van der Waals surface area contributed by atoms with E-state index in [-0.39, 0.29) is 0 Å². The number of thiazole rings is 1. The molecule has 1 heterocycles. The highest BCUT2D eigenvalue weighted by Crippen LogP contribution is 2.30. The van der Waals surface area contributed by atoms with Gasteiger partial charge in [0, 0.05) is 24.0 Å². The Hall–Kier alpha value is -0.820. The molecule has 1 aliphatic carbocycles. The molecule has 1 aromatic heterocycles. The van der Waals surface area contributed by atoms with Gasteiger partial charge in [-0.3, -0.25) is 0 Å². The molecule has 0 atom stereocenters. The van der Waals surface area contributed by atoms with Crippen molar-refractivity contribution in [2.75, 3.05) is 18.0 Å². The van der Waals surface area contributed by atoms with E-state index in [2.05, 4.69) is 10.3 Å². The molecule has 1 fully saturated rings. The van der Waals surface area contributed by atoms with Gasteiger partial charge in [-0.15, -0.1) is 11.3 Å². The highest BCUT2D eigenvalue weighted by molar-refractivity contribution is 7.15. The van der Waals surface area contributed by atoms with Crippen LogP contribution in [0.3, 0.4) is 0 Å². The zero-order valence-corrected chi connectivity index (χ0v) is 13.3. The molecule has 0 spiro atoms. The largest absolute Gasteiger partial charge is 0.406 e. The topological polar surface area (TPSA) is 28.2 Å². The number of hydrogen-bond acceptors (Lipinski definition) is 4. The maximum absolute atomic E-state index is 12.7. The fourth-order valence-electron chi connectivity index (χ4n) is 2.17. The van der Waals surface area contributed by atoms with Gasteiger partial charge in [0.05, 0.1) is 5.69 Å². The Morgan fingerprint density at radius 1 is 1.33 bits per heavy atom. The monoisotopic (exact) mass is 321 g/mol. The normalized spacial score (nSPS) is 15.5. The molecule has 1 saturated carbocycles. The maximum Gasteiger partial charge on any atom is 0.406 e. The average Bonchev–Trinajstić information content (AvgIpc) is 3.13. The van der Waals surface area contributed by atoms with Gasteiger partial charge >= 0.3 is 6.18 Å². The van der Waals surface area contributed by atoms with Gasteiger partial charge in [0.2, 0.25) is 0 Å². The minimum Gasteiger partial charge on any atom is -0.339 e. The minimum atomic E-state index is -4.19. The van der Waals surface area contributed by atoms with E-state index < -0.39 is 12.7 Å². The molecule has 1 aliphatic rings. The van der Waals surface area contributed by atoms with E-state index in [1.807, 2.05) is 13.8 Å². The van der Waals surface area contributed by atoms with Crippen LogP contribution in [0.2, 0.25) is 0 Å². The van der Waals surface area contributed by atoms with Crippen LogP contribution in [-0.2, 0) is 13.0 Å². The lowest BCUT2D eigenvalue weighted by Gasteiger charge is -2.22. The summed E-state index contributed by atoms with van der Waals surface area (Å²) in [6.45, 7) is 4.05. The van der Waals surface area contributed by atoms with Gasteiger partial charge in [-0.1, -0.05) is 13.8 Å². The summed E-state index contributed by atoms with van der Waals surface area (Å²) in [7, 11) is 0. The third-order valence-corrected chi connectivity index (χ3v) is 4.52. The molecule has 21 heavy (non-hydrogen) atoms. The maximum atomic E-state index is 12.7. The third-order valence-electron chi connectivity index (χ3n) is 3.36. The summed E-state index contributed by atoms with van der Waals surface area (Å²) in [6.07, 6.45) is -0.372. The smallest absolute Gasteiger partial charge is 0.339 e. The van der Waals surface area contributed by atoms with E-state index in [4.69, 9.17) is 0 Å². The van der Waals surface area contributed by atoms with Crippen LogP contribution in [0.5, 0.6) is 0 Å². The number of nitrogens with one attached hydrogen (secondary N) is 1. The Labute approximate surface area is 127 Å². The molecule has 0 unspecified atom stereocenters. The van der Waals surface area contributed by atoms with Crippen LogP contribution in [0.1, 0.15) is 43.7 Å². The van der Waals surface area contributed by atoms with E-state index in [0.717, 1.165) is 23.5 Å². The molecule has 0 aliphatic heterocycles. The summed E-state index contributed by atoms with van der Waals surface area (Å²) >= 11 is 1.39. The number of rotatable bonds is 8. The van der Waals surface area contributed by atoms with Gasteiger partial charge in [0.15, 0.2) is 5.13 Å². The summed E-state index contributed by atoms with van der Waals surface area (Å²) in [6, 6.07) is 0.585. The first-order valence-corrected chi connectivity index (χ1v) is 8.28. The molecule has 0 aromatic carbocycles. The van der Waals surface area contributed by atoms with E-state index in [9.17, 15) is 13.2 Å². The number of aryl methyl sites for hydroxylation is 1. The van der Waals surface area contributed by atoms with Crippen LogP contribution in [0.4, 0.5) is 18.3 Å². The first-order chi connectivity index (χ1) is 9.93. The summed E-state index contributed by atoms with van der Waals surface area (Å²) < 4.78 is 38.1. The molecule has 1 N–H and O–H groups in total. The van der Waals surface area contributed by atoms with E-state index in [1.165, 1.54) is 29.1 Å². The quantitative estimate of drug-likeness (QED) is 0.790. The summed E-state index contributed by atoms with van der Waals surface area (Å²) in [5, 5.41) is 3.91. The van der Waals surface area contributed by atoms with Gasteiger partial charge in [-0.25, -0.2) is 4.98 Å². The van der Waals surface area contributed by atoms with E-state index in [1.54, 1.807) is 0 Å². The molecule has 7 heteroatoms. The summed E-state index contributed by atoms with van der Waals surface area (Å²) in [4.78, 5) is 6.86. The minimum absolute atomic E-state index is 0.381. The molecule has 120 valence electrons. The molecule has 1 aromatic rings. The molecule has 0 saturated heterocycles. The Morgan fingerprint density at radius 2 is 2.05 bits per heavy atom. The van der Waals surface area contributed by atoms with Gasteiger partial charge < -0.3 is 10.2 Å². The summed E-state index contributed by atoms with van der Waals surface area (Å²) in [5.41, 5.74) is 0.923. The number of alkyl halides is 3. The third kappa shape index (κ3) is 5.14. The SMILES string of the molecule is CCCN(CC(F)(F)F)c1nc(CC)c(CNC2CC2)s1. The zero-order valence-electron chi connectivity index (χ0n) is 12.5. The van der Waals surface area contributed by atoms with Crippen molar-refractivity contribution in [3.05, 3.63) is 10.6 Å². The molecular formula is C14H22F3N3S. The van der Waals surface area contributed by atoms with Crippen LogP contribution in [0.25, 0.3) is 0 Å². The van der Waals surface area contributed by atoms with Crippen LogP contribution >= 0.6 is 11.3 Å². The van der Waals surface area contributed by atoms with Crippen molar-refractivity contribution >= 4 is 16.5 Å². The Morgan fingerprint density at radius 3 is 2.57 bits per heavy atom. The highest BCUT2D eigenvalue weighted by atomic mass is 32.1. The van der Waals surface area contributed by atoms with Crippen LogP contribution < -0.4 is 10.2 Å². The van der Waals surface area contributed by atoms with Crippen molar-refractivity contribution in [3.8, 4) is 0 Å². The van der Waals surface area contributed by atoms with Gasteiger partial charge in [-0.2, -0.15) is 13.2 Å². The van der Waals surface area contributed by atoms with E-state index in [0.29, 0.717) is 24.1 Å². The summed E-state index contributed by atoms with van der Waals surface area (Å²) in [5.74, 6) is 0. The van der Waals surface area contributed by atoms with Crippen LogP contribution in [-0.4, -0.2) is 30.3 Å². The van der Waals surface area contributed by atoms with Gasteiger partial charge in [-0.05, 0) is 25.7 Å². The second kappa shape index (κ2) is 6.96. The molecule has 0 amide bonds.